The maximum Gasteiger partial charge on any atom is 0.191 e. The van der Waals surface area contributed by atoms with Crippen LogP contribution in [-0.2, 0) is 10.8 Å². The van der Waals surface area contributed by atoms with Crippen molar-refractivity contribution in [2.75, 3.05) is 6.61 Å². The number of rotatable bonds is 6. The Morgan fingerprint density at radius 1 is 1.28 bits per heavy atom. The molecule has 0 aliphatic carbocycles. The summed E-state index contributed by atoms with van der Waals surface area (Å²) >= 11 is 8.72. The van der Waals surface area contributed by atoms with E-state index >= 15 is 0 Å². The number of fused-ring (bicyclic) bond motifs is 1. The first-order valence-electron chi connectivity index (χ1n) is 8.80. The molecule has 0 saturated carbocycles. The molecule has 0 aliphatic rings. The third-order valence-corrected chi connectivity index (χ3v) is 11.1. The second kappa shape index (κ2) is 7.82. The Labute approximate surface area is 171 Å². The molecule has 2 rings (SSSR count). The number of hydrogen-bond donors (Lipinski definition) is 0. The number of hydrogen-bond acceptors (Lipinski definition) is 3. The van der Waals surface area contributed by atoms with E-state index in [1.54, 1.807) is 6.33 Å². The summed E-state index contributed by atoms with van der Waals surface area (Å²) in [5.74, 6) is 0. The highest BCUT2D eigenvalue weighted by molar-refractivity contribution is 14.1. The van der Waals surface area contributed by atoms with Gasteiger partial charge in [-0.3, -0.25) is 0 Å². The average molecular weight is 494 g/mol. The topological polar surface area (TPSA) is 39.9 Å². The van der Waals surface area contributed by atoms with Gasteiger partial charge in [-0.1, -0.05) is 32.4 Å². The normalized spacial score (nSPS) is 13.2. The van der Waals surface area contributed by atoms with Gasteiger partial charge in [0.25, 0.3) is 0 Å². The van der Waals surface area contributed by atoms with Crippen LogP contribution in [0.2, 0.25) is 23.3 Å². The maximum atomic E-state index is 6.34. The largest absolute Gasteiger partial charge is 0.417 e. The first kappa shape index (κ1) is 21.1. The van der Waals surface area contributed by atoms with Gasteiger partial charge in [0.15, 0.2) is 8.32 Å². The standard InChI is InChI=1S/C18H29ClIN3OSi/c1-12(2)23-13(9-8-10-24-25(6,7)18(3,4)5)15(20)14-16(19)21-11-22-17(14)23/h11-12H,8-10H2,1-7H3. The van der Waals surface area contributed by atoms with Crippen LogP contribution in [0.25, 0.3) is 11.0 Å². The van der Waals surface area contributed by atoms with E-state index in [4.69, 9.17) is 16.0 Å². The van der Waals surface area contributed by atoms with Crippen molar-refractivity contribution in [1.82, 2.24) is 14.5 Å². The van der Waals surface area contributed by atoms with E-state index in [-0.39, 0.29) is 5.04 Å². The molecule has 2 aromatic rings. The molecule has 25 heavy (non-hydrogen) atoms. The fraction of sp³-hybridized carbons (Fsp3) is 0.667. The van der Waals surface area contributed by atoms with E-state index in [0.29, 0.717) is 11.2 Å². The second-order valence-electron chi connectivity index (χ2n) is 8.30. The molecule has 0 unspecified atom stereocenters. The Bertz CT molecular complexity index is 753. The molecule has 140 valence electrons. The van der Waals surface area contributed by atoms with Gasteiger partial charge in [-0.2, -0.15) is 0 Å². The van der Waals surface area contributed by atoms with Crippen molar-refractivity contribution in [2.45, 2.75) is 71.6 Å². The highest BCUT2D eigenvalue weighted by Gasteiger charge is 2.36. The van der Waals surface area contributed by atoms with E-state index in [0.717, 1.165) is 30.5 Å². The Hall–Kier alpha value is -0.183. The third-order valence-electron chi connectivity index (χ3n) is 5.12. The zero-order valence-corrected chi connectivity index (χ0v) is 20.2. The average Bonchev–Trinajstić information content (AvgIpc) is 2.76. The molecule has 7 heteroatoms. The van der Waals surface area contributed by atoms with Crippen LogP contribution >= 0.6 is 34.2 Å². The van der Waals surface area contributed by atoms with Crippen LogP contribution in [0.1, 0.15) is 52.8 Å². The van der Waals surface area contributed by atoms with E-state index in [1.807, 2.05) is 0 Å². The smallest absolute Gasteiger partial charge is 0.191 e. The number of nitrogens with zero attached hydrogens (tertiary/aromatic N) is 3. The molecule has 0 radical (unpaired) electrons. The quantitative estimate of drug-likeness (QED) is 0.207. The lowest BCUT2D eigenvalue weighted by Gasteiger charge is -2.36. The van der Waals surface area contributed by atoms with Crippen molar-refractivity contribution in [3.63, 3.8) is 0 Å². The Morgan fingerprint density at radius 2 is 1.92 bits per heavy atom. The van der Waals surface area contributed by atoms with Crippen LogP contribution in [0.4, 0.5) is 0 Å². The molecule has 0 atom stereocenters. The van der Waals surface area contributed by atoms with Crippen molar-refractivity contribution < 1.29 is 4.43 Å². The van der Waals surface area contributed by atoms with Crippen LogP contribution in [0.3, 0.4) is 0 Å². The molecule has 0 spiro atoms. The van der Waals surface area contributed by atoms with Crippen molar-refractivity contribution in [1.29, 1.82) is 0 Å². The maximum absolute atomic E-state index is 6.34. The van der Waals surface area contributed by atoms with Crippen LogP contribution in [0.15, 0.2) is 6.33 Å². The highest BCUT2D eigenvalue weighted by atomic mass is 127. The summed E-state index contributed by atoms with van der Waals surface area (Å²) in [6, 6.07) is 0.327. The molecular weight excluding hydrogens is 465 g/mol. The monoisotopic (exact) mass is 493 g/mol. The summed E-state index contributed by atoms with van der Waals surface area (Å²) < 4.78 is 9.78. The fourth-order valence-electron chi connectivity index (χ4n) is 2.67. The van der Waals surface area contributed by atoms with E-state index < -0.39 is 8.32 Å². The van der Waals surface area contributed by atoms with E-state index in [9.17, 15) is 0 Å². The summed E-state index contributed by atoms with van der Waals surface area (Å²) in [7, 11) is -1.68. The lowest BCUT2D eigenvalue weighted by atomic mass is 10.2. The molecule has 0 fully saturated rings. The molecule has 0 amide bonds. The first-order chi connectivity index (χ1) is 11.5. The van der Waals surface area contributed by atoms with Crippen LogP contribution < -0.4 is 0 Å². The first-order valence-corrected chi connectivity index (χ1v) is 13.2. The van der Waals surface area contributed by atoms with Gasteiger partial charge >= 0.3 is 0 Å². The van der Waals surface area contributed by atoms with Crippen LogP contribution in [-0.4, -0.2) is 29.5 Å². The van der Waals surface area contributed by atoms with Gasteiger partial charge in [0.1, 0.15) is 17.1 Å². The molecular formula is C18H29ClIN3OSi. The Morgan fingerprint density at radius 3 is 2.48 bits per heavy atom. The van der Waals surface area contributed by atoms with Crippen molar-refractivity contribution in [2.24, 2.45) is 0 Å². The zero-order valence-electron chi connectivity index (χ0n) is 16.3. The Balaban J connectivity index is 2.20. The minimum atomic E-state index is -1.68. The zero-order chi connectivity index (χ0) is 19.0. The molecule has 2 aromatic heterocycles. The van der Waals surface area contributed by atoms with Gasteiger partial charge in [-0.25, -0.2) is 9.97 Å². The highest BCUT2D eigenvalue weighted by Crippen LogP contribution is 2.37. The van der Waals surface area contributed by atoms with Gasteiger partial charge in [0, 0.05) is 21.9 Å². The lowest BCUT2D eigenvalue weighted by Crippen LogP contribution is -2.41. The molecule has 0 aromatic carbocycles. The van der Waals surface area contributed by atoms with Crippen molar-refractivity contribution in [3.8, 4) is 0 Å². The minimum Gasteiger partial charge on any atom is -0.417 e. The molecule has 0 N–H and O–H groups in total. The van der Waals surface area contributed by atoms with Gasteiger partial charge in [0.05, 0.1) is 5.39 Å². The molecule has 0 saturated heterocycles. The van der Waals surface area contributed by atoms with Crippen LogP contribution in [0, 0.1) is 3.57 Å². The third kappa shape index (κ3) is 4.39. The van der Waals surface area contributed by atoms with Gasteiger partial charge in [-0.15, -0.1) is 0 Å². The molecule has 0 bridgehead atoms. The molecule has 2 heterocycles. The summed E-state index contributed by atoms with van der Waals surface area (Å²) in [5, 5.41) is 1.75. The van der Waals surface area contributed by atoms with Crippen molar-refractivity contribution >= 4 is 53.5 Å². The van der Waals surface area contributed by atoms with Gasteiger partial charge < -0.3 is 8.99 Å². The predicted molar refractivity (Wildman–Crippen MR) is 117 cm³/mol. The lowest BCUT2D eigenvalue weighted by molar-refractivity contribution is 0.281. The van der Waals surface area contributed by atoms with Crippen molar-refractivity contribution in [3.05, 3.63) is 20.7 Å². The summed E-state index contributed by atoms with van der Waals surface area (Å²) in [6.07, 6.45) is 3.50. The summed E-state index contributed by atoms with van der Waals surface area (Å²) in [4.78, 5) is 8.64. The van der Waals surface area contributed by atoms with E-state index in [1.165, 1.54) is 9.26 Å². The van der Waals surface area contributed by atoms with Crippen LogP contribution in [0.5, 0.6) is 0 Å². The summed E-state index contributed by atoms with van der Waals surface area (Å²) in [5.41, 5.74) is 2.21. The van der Waals surface area contributed by atoms with E-state index in [2.05, 4.69) is 84.8 Å². The summed E-state index contributed by atoms with van der Waals surface area (Å²) in [6.45, 7) is 16.6. The molecule has 4 nitrogen and oxygen atoms in total. The van der Waals surface area contributed by atoms with Gasteiger partial charge in [-0.05, 0) is 67.4 Å². The second-order valence-corrected chi connectivity index (χ2v) is 14.5. The predicted octanol–water partition coefficient (Wildman–Crippen LogP) is 6.22. The van der Waals surface area contributed by atoms with Gasteiger partial charge in [0.2, 0.25) is 0 Å². The minimum absolute atomic E-state index is 0.247. The Kier molecular flexibility index (Phi) is 6.61. The SMILES string of the molecule is CC(C)n1c(CCCO[Si](C)(C)C(C)(C)C)c(I)c2c(Cl)ncnc21. The number of aromatic nitrogens is 3. The number of halogens is 2. The fourth-order valence-corrected chi connectivity index (χ4v) is 5.17. The molecule has 0 aliphatic heterocycles.